The lowest BCUT2D eigenvalue weighted by atomic mass is 10.2. The van der Waals surface area contributed by atoms with E-state index in [1.807, 2.05) is 0 Å². The monoisotopic (exact) mass is 431 g/mol. The largest absolute Gasteiger partial charge is 0.326 e. The van der Waals surface area contributed by atoms with Gasteiger partial charge in [0.2, 0.25) is 5.91 Å². The summed E-state index contributed by atoms with van der Waals surface area (Å²) in [5.41, 5.74) is 0.792. The molecule has 0 aliphatic carbocycles. The number of halogens is 1. The van der Waals surface area contributed by atoms with Crippen LogP contribution < -0.4 is 15.6 Å². The van der Waals surface area contributed by atoms with Crippen LogP contribution in [0.15, 0.2) is 76.6 Å². The molecule has 0 radical (unpaired) electrons. The van der Waals surface area contributed by atoms with Crippen molar-refractivity contribution in [1.29, 1.82) is 0 Å². The molecule has 0 unspecified atom stereocenters. The molecule has 0 fully saturated rings. The van der Waals surface area contributed by atoms with Crippen molar-refractivity contribution < 1.29 is 13.2 Å². The minimum absolute atomic E-state index is 0.0286. The van der Waals surface area contributed by atoms with Crippen molar-refractivity contribution in [2.45, 2.75) is 18.4 Å². The number of nitrogens with one attached hydrogen (secondary N) is 2. The lowest BCUT2D eigenvalue weighted by molar-refractivity contribution is -0.114. The number of amides is 1. The normalized spacial score (nSPS) is 11.1. The number of nitrogens with zero attached hydrogens (tertiary/aromatic N) is 1. The predicted octanol–water partition coefficient (Wildman–Crippen LogP) is 3.31. The zero-order chi connectivity index (χ0) is 21.0. The third-order valence-electron chi connectivity index (χ3n) is 4.02. The molecule has 150 valence electrons. The third-order valence-corrected chi connectivity index (χ3v) is 5.65. The Morgan fingerprint density at radius 1 is 1.03 bits per heavy atom. The van der Waals surface area contributed by atoms with Gasteiger partial charge in [-0.2, -0.15) is 0 Å². The first-order chi connectivity index (χ1) is 13.7. The smallest absolute Gasteiger partial charge is 0.275 e. The summed E-state index contributed by atoms with van der Waals surface area (Å²) < 4.78 is 29.0. The number of hydrogen-bond donors (Lipinski definition) is 2. The van der Waals surface area contributed by atoms with E-state index in [9.17, 15) is 18.0 Å². The van der Waals surface area contributed by atoms with E-state index in [1.165, 1.54) is 41.8 Å². The fourth-order valence-electron chi connectivity index (χ4n) is 2.65. The predicted molar refractivity (Wildman–Crippen MR) is 113 cm³/mol. The Labute approximate surface area is 173 Å². The van der Waals surface area contributed by atoms with E-state index in [0.717, 1.165) is 5.56 Å². The molecular weight excluding hydrogens is 414 g/mol. The first kappa shape index (κ1) is 20.6. The molecule has 29 heavy (non-hydrogen) atoms. The van der Waals surface area contributed by atoms with E-state index < -0.39 is 15.6 Å². The lowest BCUT2D eigenvalue weighted by Gasteiger charge is -2.11. The fourth-order valence-corrected chi connectivity index (χ4v) is 3.83. The maximum absolute atomic E-state index is 12.7. The maximum atomic E-state index is 12.7. The van der Waals surface area contributed by atoms with Crippen LogP contribution in [0.25, 0.3) is 0 Å². The number of pyridine rings is 1. The van der Waals surface area contributed by atoms with Crippen molar-refractivity contribution in [3.63, 3.8) is 0 Å². The van der Waals surface area contributed by atoms with Gasteiger partial charge in [-0.05, 0) is 54.1 Å². The molecule has 3 aromatic rings. The molecule has 1 aromatic heterocycles. The second kappa shape index (κ2) is 8.50. The molecule has 1 heterocycles. The van der Waals surface area contributed by atoms with Crippen molar-refractivity contribution in [1.82, 2.24) is 4.57 Å². The van der Waals surface area contributed by atoms with Crippen LogP contribution in [0.5, 0.6) is 0 Å². The number of anilines is 2. The summed E-state index contributed by atoms with van der Waals surface area (Å²) in [6.07, 6.45) is 1.58. The van der Waals surface area contributed by atoms with E-state index in [0.29, 0.717) is 10.7 Å². The quantitative estimate of drug-likeness (QED) is 0.625. The van der Waals surface area contributed by atoms with Gasteiger partial charge in [-0.15, -0.1) is 0 Å². The minimum Gasteiger partial charge on any atom is -0.326 e. The van der Waals surface area contributed by atoms with Gasteiger partial charge in [-0.1, -0.05) is 23.7 Å². The van der Waals surface area contributed by atoms with E-state index in [4.69, 9.17) is 11.6 Å². The summed E-state index contributed by atoms with van der Waals surface area (Å²) in [6.45, 7) is 1.63. The highest BCUT2D eigenvalue weighted by atomic mass is 35.5. The molecule has 2 N–H and O–H groups in total. The summed E-state index contributed by atoms with van der Waals surface area (Å²) in [6, 6.07) is 15.7. The average molecular weight is 432 g/mol. The van der Waals surface area contributed by atoms with Gasteiger partial charge >= 0.3 is 0 Å². The summed E-state index contributed by atoms with van der Waals surface area (Å²) in [4.78, 5) is 23.7. The second-order valence-electron chi connectivity index (χ2n) is 6.29. The van der Waals surface area contributed by atoms with Gasteiger partial charge in [-0.3, -0.25) is 14.3 Å². The van der Waals surface area contributed by atoms with Gasteiger partial charge in [-0.25, -0.2) is 8.42 Å². The number of sulfonamides is 1. The highest BCUT2D eigenvalue weighted by molar-refractivity contribution is 7.92. The Balaban J connectivity index is 1.82. The van der Waals surface area contributed by atoms with Gasteiger partial charge in [0.25, 0.3) is 15.6 Å². The molecule has 0 bridgehead atoms. The van der Waals surface area contributed by atoms with Crippen LogP contribution in [-0.4, -0.2) is 18.9 Å². The first-order valence-corrected chi connectivity index (χ1v) is 10.4. The molecule has 0 atom stereocenters. The second-order valence-corrected chi connectivity index (χ2v) is 8.41. The summed E-state index contributed by atoms with van der Waals surface area (Å²) in [5, 5.41) is 3.15. The van der Waals surface area contributed by atoms with Gasteiger partial charge < -0.3 is 9.88 Å². The van der Waals surface area contributed by atoms with Crippen molar-refractivity contribution in [2.75, 3.05) is 10.0 Å². The number of carbonyl (C=O) groups is 1. The highest BCUT2D eigenvalue weighted by Gasteiger charge is 2.16. The van der Waals surface area contributed by atoms with Crippen LogP contribution in [-0.2, 0) is 21.4 Å². The Kier molecular flexibility index (Phi) is 6.05. The Morgan fingerprint density at radius 3 is 2.31 bits per heavy atom. The van der Waals surface area contributed by atoms with Crippen LogP contribution >= 0.6 is 11.6 Å². The van der Waals surface area contributed by atoms with Crippen LogP contribution in [0, 0.1) is 0 Å². The van der Waals surface area contributed by atoms with Crippen LogP contribution in [0.2, 0.25) is 5.02 Å². The standard InChI is InChI=1S/C20H18ClN3O4S/c1-14(25)22-17-8-10-18(11-9-17)29(27,28)23-19-3-2-12-24(20(19)26)13-15-4-6-16(21)7-5-15/h2-12,23H,13H2,1H3,(H,22,25). The minimum atomic E-state index is -3.97. The van der Waals surface area contributed by atoms with E-state index in [1.54, 1.807) is 36.5 Å². The van der Waals surface area contributed by atoms with Gasteiger partial charge in [0.15, 0.2) is 0 Å². The van der Waals surface area contributed by atoms with Gasteiger partial charge in [0.05, 0.1) is 11.4 Å². The Morgan fingerprint density at radius 2 is 1.69 bits per heavy atom. The van der Waals surface area contributed by atoms with Crippen LogP contribution in [0.4, 0.5) is 11.4 Å². The molecule has 3 rings (SSSR count). The summed E-state index contributed by atoms with van der Waals surface area (Å²) in [7, 11) is -3.97. The maximum Gasteiger partial charge on any atom is 0.275 e. The Hall–Kier alpha value is -3.10. The molecule has 0 aliphatic rings. The lowest BCUT2D eigenvalue weighted by Crippen LogP contribution is -2.26. The van der Waals surface area contributed by atoms with E-state index in [-0.39, 0.29) is 23.0 Å². The van der Waals surface area contributed by atoms with Crippen molar-refractivity contribution >= 4 is 38.9 Å². The summed E-state index contributed by atoms with van der Waals surface area (Å²) >= 11 is 5.87. The number of carbonyl (C=O) groups excluding carboxylic acids is 1. The van der Waals surface area contributed by atoms with Crippen molar-refractivity contribution in [3.8, 4) is 0 Å². The molecule has 0 aliphatic heterocycles. The van der Waals surface area contributed by atoms with Crippen LogP contribution in [0.3, 0.4) is 0 Å². The molecule has 0 saturated heterocycles. The zero-order valence-electron chi connectivity index (χ0n) is 15.4. The third kappa shape index (κ3) is 5.24. The molecular formula is C20H18ClN3O4S. The SMILES string of the molecule is CC(=O)Nc1ccc(S(=O)(=O)Nc2cccn(Cc3ccc(Cl)cc3)c2=O)cc1. The number of benzene rings is 2. The van der Waals surface area contributed by atoms with E-state index in [2.05, 4.69) is 10.0 Å². The molecule has 9 heteroatoms. The highest BCUT2D eigenvalue weighted by Crippen LogP contribution is 2.17. The molecule has 7 nitrogen and oxygen atoms in total. The fraction of sp³-hybridized carbons (Fsp3) is 0.100. The topological polar surface area (TPSA) is 97.3 Å². The molecule has 0 spiro atoms. The molecule has 0 saturated carbocycles. The van der Waals surface area contributed by atoms with E-state index >= 15 is 0 Å². The van der Waals surface area contributed by atoms with Crippen molar-refractivity contribution in [2.24, 2.45) is 0 Å². The number of aromatic nitrogens is 1. The van der Waals surface area contributed by atoms with Crippen LogP contribution in [0.1, 0.15) is 12.5 Å². The zero-order valence-corrected chi connectivity index (χ0v) is 17.0. The molecule has 2 aromatic carbocycles. The van der Waals surface area contributed by atoms with Gasteiger partial charge in [0, 0.05) is 23.8 Å². The first-order valence-electron chi connectivity index (χ1n) is 8.59. The average Bonchev–Trinajstić information content (AvgIpc) is 2.66. The Bertz CT molecular complexity index is 1190. The molecule has 1 amide bonds. The van der Waals surface area contributed by atoms with Crippen molar-refractivity contribution in [3.05, 3.63) is 87.8 Å². The summed E-state index contributed by atoms with van der Waals surface area (Å²) in [5.74, 6) is -0.260. The van der Waals surface area contributed by atoms with Gasteiger partial charge in [0.1, 0.15) is 5.69 Å². The number of hydrogen-bond acceptors (Lipinski definition) is 4. The number of rotatable bonds is 6.